The summed E-state index contributed by atoms with van der Waals surface area (Å²) in [6.07, 6.45) is 2.79. The molecule has 0 aromatic heterocycles. The number of benzene rings is 1. The van der Waals surface area contributed by atoms with Crippen LogP contribution in [0.3, 0.4) is 0 Å². The lowest BCUT2D eigenvalue weighted by molar-refractivity contribution is -0.131. The van der Waals surface area contributed by atoms with Gasteiger partial charge in [-0.25, -0.2) is 4.79 Å². The third kappa shape index (κ3) is 3.74. The zero-order valence-electron chi connectivity index (χ0n) is 11.6. The fourth-order valence-corrected chi connectivity index (χ4v) is 2.56. The predicted molar refractivity (Wildman–Crippen MR) is 82.4 cm³/mol. The second-order valence-electron chi connectivity index (χ2n) is 4.80. The van der Waals surface area contributed by atoms with Crippen LogP contribution < -0.4 is 4.90 Å². The van der Waals surface area contributed by atoms with Crippen molar-refractivity contribution in [2.45, 2.75) is 6.92 Å². The Labute approximate surface area is 124 Å². The van der Waals surface area contributed by atoms with Gasteiger partial charge in [0.2, 0.25) is 0 Å². The Bertz CT molecular complexity index is 509. The molecule has 20 heavy (non-hydrogen) atoms. The first kappa shape index (κ1) is 14.9. The molecule has 5 heteroatoms. The van der Waals surface area contributed by atoms with Gasteiger partial charge in [0.15, 0.2) is 0 Å². The summed E-state index contributed by atoms with van der Waals surface area (Å²) in [7, 11) is 0. The van der Waals surface area contributed by atoms with Crippen LogP contribution in [0.4, 0.5) is 5.69 Å². The van der Waals surface area contributed by atoms with Gasteiger partial charge in [0.1, 0.15) is 0 Å². The van der Waals surface area contributed by atoms with E-state index in [0.717, 1.165) is 50.1 Å². The Morgan fingerprint density at radius 2 is 2.05 bits per heavy atom. The summed E-state index contributed by atoms with van der Waals surface area (Å²) in [5, 5.41) is 9.44. The van der Waals surface area contributed by atoms with Crippen molar-refractivity contribution >= 4 is 29.3 Å². The first-order valence-corrected chi connectivity index (χ1v) is 7.16. The topological polar surface area (TPSA) is 43.8 Å². The predicted octanol–water partition coefficient (Wildman–Crippen LogP) is 2.58. The van der Waals surface area contributed by atoms with Crippen molar-refractivity contribution < 1.29 is 9.90 Å². The number of nitrogens with zero attached hydrogens (tertiary/aromatic N) is 2. The summed E-state index contributed by atoms with van der Waals surface area (Å²) < 4.78 is 0. The molecule has 0 unspecified atom stereocenters. The third-order valence-corrected chi connectivity index (χ3v) is 3.79. The molecule has 108 valence electrons. The van der Waals surface area contributed by atoms with Crippen molar-refractivity contribution in [1.29, 1.82) is 0 Å². The van der Waals surface area contributed by atoms with Gasteiger partial charge in [0.05, 0.1) is 0 Å². The minimum absolute atomic E-state index is 0.672. The third-order valence-electron chi connectivity index (χ3n) is 3.56. The molecule has 1 aliphatic rings. The Morgan fingerprint density at radius 3 is 2.65 bits per heavy atom. The largest absolute Gasteiger partial charge is 0.478 e. The summed E-state index contributed by atoms with van der Waals surface area (Å²) in [4.78, 5) is 15.3. The number of halogens is 1. The number of piperazine rings is 1. The van der Waals surface area contributed by atoms with Crippen LogP contribution in [-0.2, 0) is 4.79 Å². The number of hydrogen-bond acceptors (Lipinski definition) is 3. The molecule has 1 aliphatic heterocycles. The van der Waals surface area contributed by atoms with Crippen LogP contribution in [0, 0.1) is 0 Å². The van der Waals surface area contributed by atoms with Crippen LogP contribution in [0.1, 0.15) is 12.5 Å². The van der Waals surface area contributed by atoms with Gasteiger partial charge in [-0.3, -0.25) is 0 Å². The van der Waals surface area contributed by atoms with E-state index in [2.05, 4.69) is 16.7 Å². The van der Waals surface area contributed by atoms with E-state index < -0.39 is 5.97 Å². The molecule has 0 amide bonds. The molecule has 0 bridgehead atoms. The highest BCUT2D eigenvalue weighted by molar-refractivity contribution is 6.31. The van der Waals surface area contributed by atoms with Crippen LogP contribution in [-0.4, -0.2) is 48.7 Å². The minimum Gasteiger partial charge on any atom is -0.478 e. The maximum absolute atomic E-state index is 10.7. The van der Waals surface area contributed by atoms with E-state index in [1.807, 2.05) is 12.1 Å². The van der Waals surface area contributed by atoms with Crippen LogP contribution in [0.15, 0.2) is 24.3 Å². The number of rotatable bonds is 4. The Kier molecular flexibility index (Phi) is 5.04. The maximum Gasteiger partial charge on any atom is 0.328 e. The van der Waals surface area contributed by atoms with E-state index in [4.69, 9.17) is 16.7 Å². The number of carboxylic acids is 1. The van der Waals surface area contributed by atoms with Crippen molar-refractivity contribution in [2.75, 3.05) is 37.6 Å². The fraction of sp³-hybridized carbons (Fsp3) is 0.400. The molecule has 0 aliphatic carbocycles. The molecular formula is C15H19ClN2O2. The second kappa shape index (κ2) is 6.77. The molecule has 1 N–H and O–H groups in total. The van der Waals surface area contributed by atoms with Gasteiger partial charge in [-0.05, 0) is 30.3 Å². The van der Waals surface area contributed by atoms with Gasteiger partial charge >= 0.3 is 5.97 Å². The molecule has 1 fully saturated rings. The zero-order valence-corrected chi connectivity index (χ0v) is 12.3. The standard InChI is InChI=1S/C15H19ClN2O2/c1-2-17-7-9-18(10-8-17)14-11-13(16)5-3-12(14)4-6-15(19)20/h3-6,11H,2,7-10H2,1H3,(H,19,20)/b6-4+. The highest BCUT2D eigenvalue weighted by Crippen LogP contribution is 2.27. The van der Waals surface area contributed by atoms with Gasteiger partial charge in [-0.15, -0.1) is 0 Å². The lowest BCUT2D eigenvalue weighted by Gasteiger charge is -2.36. The number of likely N-dealkylation sites (N-methyl/N-ethyl adjacent to an activating group) is 1. The van der Waals surface area contributed by atoms with Gasteiger partial charge in [-0.2, -0.15) is 0 Å². The highest BCUT2D eigenvalue weighted by atomic mass is 35.5. The van der Waals surface area contributed by atoms with Crippen molar-refractivity contribution in [1.82, 2.24) is 4.90 Å². The smallest absolute Gasteiger partial charge is 0.328 e. The molecule has 0 radical (unpaired) electrons. The van der Waals surface area contributed by atoms with Crippen molar-refractivity contribution in [3.8, 4) is 0 Å². The summed E-state index contributed by atoms with van der Waals surface area (Å²) in [6.45, 7) is 7.13. The normalized spacial score (nSPS) is 16.8. The average Bonchev–Trinajstić information content (AvgIpc) is 2.46. The van der Waals surface area contributed by atoms with Crippen LogP contribution in [0.2, 0.25) is 5.02 Å². The van der Waals surface area contributed by atoms with Gasteiger partial charge in [0, 0.05) is 43.0 Å². The number of anilines is 1. The maximum atomic E-state index is 10.7. The molecule has 0 atom stereocenters. The van der Waals surface area contributed by atoms with E-state index in [1.54, 1.807) is 12.1 Å². The van der Waals surface area contributed by atoms with Crippen LogP contribution in [0.25, 0.3) is 6.08 Å². The molecular weight excluding hydrogens is 276 g/mol. The number of carboxylic acid groups (broad SMARTS) is 1. The highest BCUT2D eigenvalue weighted by Gasteiger charge is 2.17. The number of carbonyl (C=O) groups is 1. The minimum atomic E-state index is -0.943. The van der Waals surface area contributed by atoms with Crippen molar-refractivity contribution in [3.05, 3.63) is 34.9 Å². The van der Waals surface area contributed by atoms with Gasteiger partial charge in [0.25, 0.3) is 0 Å². The first-order chi connectivity index (χ1) is 9.60. The van der Waals surface area contributed by atoms with E-state index in [-0.39, 0.29) is 0 Å². The van der Waals surface area contributed by atoms with E-state index in [0.29, 0.717) is 5.02 Å². The quantitative estimate of drug-likeness (QED) is 0.867. The molecule has 2 rings (SSSR count). The lowest BCUT2D eigenvalue weighted by atomic mass is 10.1. The summed E-state index contributed by atoms with van der Waals surface area (Å²) in [5.41, 5.74) is 1.90. The average molecular weight is 295 g/mol. The van der Waals surface area contributed by atoms with Crippen molar-refractivity contribution in [2.24, 2.45) is 0 Å². The molecule has 1 aromatic carbocycles. The SMILES string of the molecule is CCN1CCN(c2cc(Cl)ccc2/C=C/C(=O)O)CC1. The monoisotopic (exact) mass is 294 g/mol. The molecule has 1 saturated heterocycles. The molecule has 1 aromatic rings. The molecule has 0 saturated carbocycles. The van der Waals surface area contributed by atoms with Gasteiger partial charge in [-0.1, -0.05) is 24.6 Å². The molecule has 4 nitrogen and oxygen atoms in total. The fourth-order valence-electron chi connectivity index (χ4n) is 2.40. The first-order valence-electron chi connectivity index (χ1n) is 6.78. The zero-order chi connectivity index (χ0) is 14.5. The van der Waals surface area contributed by atoms with Crippen LogP contribution in [0.5, 0.6) is 0 Å². The molecule has 1 heterocycles. The second-order valence-corrected chi connectivity index (χ2v) is 5.23. The van der Waals surface area contributed by atoms with E-state index in [1.165, 1.54) is 0 Å². The van der Waals surface area contributed by atoms with Crippen LogP contribution >= 0.6 is 11.6 Å². The van der Waals surface area contributed by atoms with Gasteiger partial charge < -0.3 is 14.9 Å². The van der Waals surface area contributed by atoms with Crippen molar-refractivity contribution in [3.63, 3.8) is 0 Å². The summed E-state index contributed by atoms with van der Waals surface area (Å²) >= 11 is 6.08. The van der Waals surface area contributed by atoms with E-state index in [9.17, 15) is 4.79 Å². The Balaban J connectivity index is 2.21. The number of hydrogen-bond donors (Lipinski definition) is 1. The number of aliphatic carboxylic acids is 1. The summed E-state index contributed by atoms with van der Waals surface area (Å²) in [6, 6.07) is 5.56. The Morgan fingerprint density at radius 1 is 1.35 bits per heavy atom. The molecule has 0 spiro atoms. The lowest BCUT2D eigenvalue weighted by Crippen LogP contribution is -2.46. The van der Waals surface area contributed by atoms with E-state index >= 15 is 0 Å². The summed E-state index contributed by atoms with van der Waals surface area (Å²) in [5.74, 6) is -0.943. The Hall–Kier alpha value is -1.52.